The molecule has 0 saturated carbocycles. The summed E-state index contributed by atoms with van der Waals surface area (Å²) in [6.45, 7) is 2.59. The minimum absolute atomic E-state index is 0.0249. The van der Waals surface area contributed by atoms with Gasteiger partial charge in [0.15, 0.2) is 0 Å². The fraction of sp³-hybridized carbons (Fsp3) is 0.500. The highest BCUT2D eigenvalue weighted by atomic mass is 16.3. The lowest BCUT2D eigenvalue weighted by atomic mass is 10.2. The summed E-state index contributed by atoms with van der Waals surface area (Å²) in [6, 6.07) is 4.01. The first-order chi connectivity index (χ1) is 10.3. The smallest absolute Gasteiger partial charge is 0.234 e. The monoisotopic (exact) mass is 289 g/mol. The van der Waals surface area contributed by atoms with Gasteiger partial charge in [-0.2, -0.15) is 5.10 Å². The lowest BCUT2D eigenvalue weighted by Gasteiger charge is -2.23. The molecular weight excluding hydrogens is 270 g/mol. The molecule has 1 atom stereocenters. The van der Waals surface area contributed by atoms with Gasteiger partial charge in [-0.05, 0) is 31.5 Å². The van der Waals surface area contributed by atoms with Crippen LogP contribution in [0.1, 0.15) is 18.6 Å². The normalized spacial score (nSPS) is 19.0. The predicted octanol–water partition coefficient (Wildman–Crippen LogP) is 0.652. The third kappa shape index (κ3) is 3.69. The molecule has 7 heteroatoms. The second-order valence-electron chi connectivity index (χ2n) is 5.24. The number of nitrogens with one attached hydrogen (secondary N) is 1. The summed E-state index contributed by atoms with van der Waals surface area (Å²) >= 11 is 0. The number of carbonyl (C=O) groups is 1. The molecule has 2 aromatic heterocycles. The Hall–Kier alpha value is -2.15. The number of nitrogens with zero attached hydrogens (tertiary/aromatic N) is 4. The van der Waals surface area contributed by atoms with E-state index in [0.29, 0.717) is 19.1 Å². The molecule has 1 amide bonds. The maximum atomic E-state index is 12.0. The zero-order chi connectivity index (χ0) is 14.5. The molecule has 1 aliphatic rings. The van der Waals surface area contributed by atoms with Crippen LogP contribution in [0.4, 0.5) is 0 Å². The fourth-order valence-electron chi connectivity index (χ4n) is 2.69. The van der Waals surface area contributed by atoms with Crippen molar-refractivity contribution in [3.8, 4) is 0 Å². The van der Waals surface area contributed by atoms with Crippen molar-refractivity contribution in [1.82, 2.24) is 25.0 Å². The summed E-state index contributed by atoms with van der Waals surface area (Å²) in [5, 5.41) is 7.01. The highest BCUT2D eigenvalue weighted by Crippen LogP contribution is 2.17. The SMILES string of the molecule is O=C(CN1CCC[C@@H]1Cn1cncn1)NCc1ccco1. The molecule has 0 unspecified atom stereocenters. The third-order valence-electron chi connectivity index (χ3n) is 3.75. The van der Waals surface area contributed by atoms with Crippen LogP contribution >= 0.6 is 0 Å². The van der Waals surface area contributed by atoms with Crippen molar-refractivity contribution in [1.29, 1.82) is 0 Å². The quantitative estimate of drug-likeness (QED) is 0.845. The molecule has 0 aliphatic carbocycles. The van der Waals surface area contributed by atoms with Gasteiger partial charge in [0.2, 0.25) is 5.91 Å². The van der Waals surface area contributed by atoms with Crippen molar-refractivity contribution in [2.45, 2.75) is 32.0 Å². The Balaban J connectivity index is 1.47. The molecule has 21 heavy (non-hydrogen) atoms. The van der Waals surface area contributed by atoms with Gasteiger partial charge in [-0.25, -0.2) is 4.98 Å². The minimum Gasteiger partial charge on any atom is -0.467 e. The summed E-state index contributed by atoms with van der Waals surface area (Å²) in [5.41, 5.74) is 0. The zero-order valence-corrected chi connectivity index (χ0v) is 11.8. The van der Waals surface area contributed by atoms with Crippen molar-refractivity contribution in [2.75, 3.05) is 13.1 Å². The predicted molar refractivity (Wildman–Crippen MR) is 75.2 cm³/mol. The molecule has 7 nitrogen and oxygen atoms in total. The molecule has 1 aliphatic heterocycles. The molecule has 3 rings (SSSR count). The number of likely N-dealkylation sites (tertiary alicyclic amines) is 1. The van der Waals surface area contributed by atoms with Gasteiger partial charge in [0, 0.05) is 6.04 Å². The van der Waals surface area contributed by atoms with Crippen LogP contribution in [0, 0.1) is 0 Å². The second-order valence-corrected chi connectivity index (χ2v) is 5.24. The van der Waals surface area contributed by atoms with Crippen LogP contribution in [0.3, 0.4) is 0 Å². The molecule has 0 aromatic carbocycles. The Morgan fingerprint density at radius 2 is 2.48 bits per heavy atom. The number of aromatic nitrogens is 3. The third-order valence-corrected chi connectivity index (χ3v) is 3.75. The summed E-state index contributed by atoms with van der Waals surface area (Å²) in [7, 11) is 0. The first-order valence-corrected chi connectivity index (χ1v) is 7.17. The number of amides is 1. The standard InChI is InChI=1S/C14H19N5O2/c20-14(16-7-13-4-2-6-21-13)9-18-5-1-3-12(18)8-19-11-15-10-17-19/h2,4,6,10-12H,1,3,5,7-9H2,(H,16,20)/t12-/m1/s1. The van der Waals surface area contributed by atoms with E-state index in [0.717, 1.165) is 31.7 Å². The van der Waals surface area contributed by atoms with Crippen molar-refractivity contribution in [2.24, 2.45) is 0 Å². The molecule has 112 valence electrons. The largest absolute Gasteiger partial charge is 0.467 e. The average Bonchev–Trinajstić information content (AvgIpc) is 3.20. The lowest BCUT2D eigenvalue weighted by Crippen LogP contribution is -2.41. The molecular formula is C14H19N5O2. The summed E-state index contributed by atoms with van der Waals surface area (Å²) in [6.07, 6.45) is 7.06. The van der Waals surface area contributed by atoms with Crippen molar-refractivity contribution in [3.63, 3.8) is 0 Å². The van der Waals surface area contributed by atoms with E-state index in [9.17, 15) is 4.79 Å². The molecule has 0 radical (unpaired) electrons. The van der Waals surface area contributed by atoms with E-state index >= 15 is 0 Å². The molecule has 1 saturated heterocycles. The topological polar surface area (TPSA) is 76.2 Å². The maximum absolute atomic E-state index is 12.0. The first-order valence-electron chi connectivity index (χ1n) is 7.17. The highest BCUT2D eigenvalue weighted by Gasteiger charge is 2.26. The zero-order valence-electron chi connectivity index (χ0n) is 11.8. The molecule has 0 bridgehead atoms. The minimum atomic E-state index is 0.0249. The Kier molecular flexibility index (Phi) is 4.30. The number of hydrogen-bond donors (Lipinski definition) is 1. The van der Waals surface area contributed by atoms with E-state index in [2.05, 4.69) is 20.3 Å². The Morgan fingerprint density at radius 3 is 3.24 bits per heavy atom. The van der Waals surface area contributed by atoms with Gasteiger partial charge in [0.25, 0.3) is 0 Å². The van der Waals surface area contributed by atoms with E-state index in [4.69, 9.17) is 4.42 Å². The molecule has 2 aromatic rings. The van der Waals surface area contributed by atoms with E-state index in [1.165, 1.54) is 6.33 Å². The number of hydrogen-bond acceptors (Lipinski definition) is 5. The van der Waals surface area contributed by atoms with Gasteiger partial charge >= 0.3 is 0 Å². The Morgan fingerprint density at radius 1 is 1.52 bits per heavy atom. The van der Waals surface area contributed by atoms with E-state index in [1.54, 1.807) is 12.6 Å². The van der Waals surface area contributed by atoms with Crippen molar-refractivity contribution >= 4 is 5.91 Å². The van der Waals surface area contributed by atoms with E-state index in [-0.39, 0.29) is 5.91 Å². The number of rotatable bonds is 6. The van der Waals surface area contributed by atoms with Gasteiger partial charge in [-0.15, -0.1) is 0 Å². The Bertz CT molecular complexity index is 552. The Labute approximate surface area is 122 Å². The van der Waals surface area contributed by atoms with Crippen molar-refractivity contribution < 1.29 is 9.21 Å². The average molecular weight is 289 g/mol. The van der Waals surface area contributed by atoms with Gasteiger partial charge in [0.05, 0.1) is 25.9 Å². The first kappa shape index (κ1) is 13.8. The molecule has 0 spiro atoms. The molecule has 1 fully saturated rings. The van der Waals surface area contributed by atoms with Crippen LogP contribution in [0.15, 0.2) is 35.5 Å². The van der Waals surface area contributed by atoms with Crippen LogP contribution in [0.25, 0.3) is 0 Å². The second kappa shape index (κ2) is 6.53. The lowest BCUT2D eigenvalue weighted by molar-refractivity contribution is -0.122. The fourth-order valence-corrected chi connectivity index (χ4v) is 2.69. The summed E-state index contributed by atoms with van der Waals surface area (Å²) < 4.78 is 7.02. The maximum Gasteiger partial charge on any atom is 0.234 e. The summed E-state index contributed by atoms with van der Waals surface area (Å²) in [4.78, 5) is 18.2. The van der Waals surface area contributed by atoms with E-state index < -0.39 is 0 Å². The van der Waals surface area contributed by atoms with Gasteiger partial charge in [-0.3, -0.25) is 14.4 Å². The number of furan rings is 1. The van der Waals surface area contributed by atoms with Gasteiger partial charge in [-0.1, -0.05) is 0 Å². The van der Waals surface area contributed by atoms with E-state index in [1.807, 2.05) is 16.8 Å². The van der Waals surface area contributed by atoms with Crippen LogP contribution in [-0.4, -0.2) is 44.7 Å². The highest BCUT2D eigenvalue weighted by molar-refractivity contribution is 5.78. The van der Waals surface area contributed by atoms with Gasteiger partial charge < -0.3 is 9.73 Å². The van der Waals surface area contributed by atoms with Crippen LogP contribution in [0.2, 0.25) is 0 Å². The molecule has 3 heterocycles. The van der Waals surface area contributed by atoms with Gasteiger partial charge in [0.1, 0.15) is 18.4 Å². The van der Waals surface area contributed by atoms with Crippen LogP contribution < -0.4 is 5.32 Å². The number of carbonyl (C=O) groups excluding carboxylic acids is 1. The van der Waals surface area contributed by atoms with Crippen LogP contribution in [0.5, 0.6) is 0 Å². The molecule has 1 N–H and O–H groups in total. The summed E-state index contributed by atoms with van der Waals surface area (Å²) in [5.74, 6) is 0.792. The van der Waals surface area contributed by atoms with Crippen LogP contribution in [-0.2, 0) is 17.9 Å². The van der Waals surface area contributed by atoms with Crippen molar-refractivity contribution in [3.05, 3.63) is 36.8 Å².